The Morgan fingerprint density at radius 1 is 0.719 bits per heavy atom. The van der Waals surface area contributed by atoms with Crippen molar-refractivity contribution in [1.82, 2.24) is 30.2 Å². The Labute approximate surface area is 196 Å². The lowest BCUT2D eigenvalue weighted by Crippen LogP contribution is -2.45. The van der Waals surface area contributed by atoms with Crippen LogP contribution >= 0.6 is 0 Å². The summed E-state index contributed by atoms with van der Waals surface area (Å²) in [5, 5.41) is 6.50. The molecule has 0 aromatic heterocycles. The maximum Gasteiger partial charge on any atom is 0.224 e. The zero-order valence-corrected chi connectivity index (χ0v) is 21.1. The number of nitrogens with zero attached hydrogens (tertiary/aromatic N) is 4. The second-order valence-electron chi connectivity index (χ2n) is 9.92. The van der Waals surface area contributed by atoms with Crippen molar-refractivity contribution in [2.24, 2.45) is 11.8 Å². The molecule has 0 aromatic carbocycles. The first-order valence-electron chi connectivity index (χ1n) is 12.6. The predicted molar refractivity (Wildman–Crippen MR) is 130 cm³/mol. The van der Waals surface area contributed by atoms with Crippen LogP contribution in [0.2, 0.25) is 0 Å². The van der Waals surface area contributed by atoms with Crippen molar-refractivity contribution in [1.29, 1.82) is 0 Å². The Bertz CT molecular complexity index is 553. The molecular weight excluding hydrogens is 404 g/mol. The van der Waals surface area contributed by atoms with Crippen molar-refractivity contribution in [3.8, 4) is 0 Å². The summed E-state index contributed by atoms with van der Waals surface area (Å²) >= 11 is 0. The Morgan fingerprint density at radius 2 is 1.22 bits per heavy atom. The molecule has 1 aliphatic carbocycles. The van der Waals surface area contributed by atoms with Gasteiger partial charge in [-0.2, -0.15) is 0 Å². The Balaban J connectivity index is 1.80. The van der Waals surface area contributed by atoms with E-state index in [1.807, 2.05) is 7.05 Å². The molecule has 2 aliphatic rings. The van der Waals surface area contributed by atoms with Crippen LogP contribution in [0.3, 0.4) is 0 Å². The van der Waals surface area contributed by atoms with Crippen molar-refractivity contribution in [2.75, 3.05) is 86.8 Å². The van der Waals surface area contributed by atoms with Gasteiger partial charge in [-0.3, -0.25) is 19.4 Å². The molecule has 1 saturated heterocycles. The zero-order valence-electron chi connectivity index (χ0n) is 21.1. The first kappa shape index (κ1) is 27.2. The number of likely N-dealkylation sites (N-methyl/N-ethyl adjacent to an activating group) is 2. The van der Waals surface area contributed by atoms with Crippen molar-refractivity contribution in [2.45, 2.75) is 45.4 Å². The van der Waals surface area contributed by atoms with E-state index in [1.54, 1.807) is 6.92 Å². The van der Waals surface area contributed by atoms with Crippen molar-refractivity contribution in [3.05, 3.63) is 0 Å². The summed E-state index contributed by atoms with van der Waals surface area (Å²) in [6, 6.07) is 0. The van der Waals surface area contributed by atoms with Gasteiger partial charge in [0.05, 0.1) is 6.67 Å². The SMILES string of the molecule is CNCN1CCCN(C)CCN(CNC(=O)C2CCC(C(C)=O)CC2)CCCN(C)CC1. The van der Waals surface area contributed by atoms with Crippen LogP contribution < -0.4 is 10.6 Å². The molecule has 0 atom stereocenters. The van der Waals surface area contributed by atoms with Crippen LogP contribution in [0.25, 0.3) is 0 Å². The molecule has 2 N–H and O–H groups in total. The second kappa shape index (κ2) is 15.0. The summed E-state index contributed by atoms with van der Waals surface area (Å²) in [5.74, 6) is 0.680. The molecule has 0 spiro atoms. The number of Topliss-reactive ketones (excluding diaryl/α,β-unsaturated/α-hetero) is 1. The van der Waals surface area contributed by atoms with Gasteiger partial charge in [-0.15, -0.1) is 0 Å². The fourth-order valence-corrected chi connectivity index (χ4v) is 4.84. The van der Waals surface area contributed by atoms with Crippen molar-refractivity contribution >= 4 is 11.7 Å². The summed E-state index contributed by atoms with van der Waals surface area (Å²) in [7, 11) is 6.43. The third kappa shape index (κ3) is 10.3. The van der Waals surface area contributed by atoms with Crippen LogP contribution in [0.4, 0.5) is 0 Å². The fraction of sp³-hybridized carbons (Fsp3) is 0.917. The van der Waals surface area contributed by atoms with Gasteiger partial charge in [0.1, 0.15) is 5.78 Å². The molecule has 2 rings (SSSR count). The van der Waals surface area contributed by atoms with Gasteiger partial charge < -0.3 is 20.4 Å². The minimum absolute atomic E-state index is 0.0691. The van der Waals surface area contributed by atoms with Crippen LogP contribution in [0, 0.1) is 11.8 Å². The fourth-order valence-electron chi connectivity index (χ4n) is 4.84. The number of carbonyl (C=O) groups excluding carboxylic acids is 2. The highest BCUT2D eigenvalue weighted by Gasteiger charge is 2.28. The van der Waals surface area contributed by atoms with E-state index in [4.69, 9.17) is 0 Å². The Morgan fingerprint density at radius 3 is 1.72 bits per heavy atom. The number of carbonyl (C=O) groups is 2. The summed E-state index contributed by atoms with van der Waals surface area (Å²) in [5.41, 5.74) is 0. The third-order valence-corrected chi connectivity index (χ3v) is 7.16. The van der Waals surface area contributed by atoms with E-state index in [-0.39, 0.29) is 23.5 Å². The largest absolute Gasteiger partial charge is 0.343 e. The van der Waals surface area contributed by atoms with Gasteiger partial charge in [0, 0.05) is 57.8 Å². The lowest BCUT2D eigenvalue weighted by Gasteiger charge is -2.30. The summed E-state index contributed by atoms with van der Waals surface area (Å²) < 4.78 is 0. The molecule has 1 amide bonds. The lowest BCUT2D eigenvalue weighted by molar-refractivity contribution is -0.129. The normalized spacial score (nSPS) is 27.0. The molecule has 0 aromatic rings. The van der Waals surface area contributed by atoms with E-state index in [0.29, 0.717) is 6.67 Å². The summed E-state index contributed by atoms with van der Waals surface area (Å²) in [4.78, 5) is 34.0. The van der Waals surface area contributed by atoms with Crippen molar-refractivity contribution < 1.29 is 9.59 Å². The zero-order chi connectivity index (χ0) is 23.3. The standard InChI is InChI=1S/C24H48N6O2/c1-21(31)22-7-9-23(10-8-22)24(32)26-20-30-14-6-12-27(3)15-17-29(19-25-2)13-5-11-28(4)16-18-30/h22-23,25H,5-20H2,1-4H3,(H,26,32). The van der Waals surface area contributed by atoms with Gasteiger partial charge in [0.15, 0.2) is 0 Å². The molecule has 186 valence electrons. The first-order valence-corrected chi connectivity index (χ1v) is 12.6. The van der Waals surface area contributed by atoms with Gasteiger partial charge in [-0.1, -0.05) is 0 Å². The minimum atomic E-state index is 0.0691. The van der Waals surface area contributed by atoms with Crippen LogP contribution in [-0.4, -0.2) is 118 Å². The molecule has 8 nitrogen and oxygen atoms in total. The molecule has 32 heavy (non-hydrogen) atoms. The van der Waals surface area contributed by atoms with E-state index in [1.165, 1.54) is 6.42 Å². The van der Waals surface area contributed by atoms with Crippen LogP contribution in [-0.2, 0) is 9.59 Å². The van der Waals surface area contributed by atoms with Crippen molar-refractivity contribution in [3.63, 3.8) is 0 Å². The molecule has 1 aliphatic heterocycles. The quantitative estimate of drug-likeness (QED) is 0.620. The first-order chi connectivity index (χ1) is 15.4. The van der Waals surface area contributed by atoms with Gasteiger partial charge in [-0.05, 0) is 79.7 Å². The minimum Gasteiger partial charge on any atom is -0.343 e. The van der Waals surface area contributed by atoms with Gasteiger partial charge >= 0.3 is 0 Å². The van der Waals surface area contributed by atoms with Crippen LogP contribution in [0.5, 0.6) is 0 Å². The molecule has 1 saturated carbocycles. The van der Waals surface area contributed by atoms with Gasteiger partial charge in [0.25, 0.3) is 0 Å². The molecule has 8 heteroatoms. The Hall–Kier alpha value is -1.06. The number of hydrogen-bond acceptors (Lipinski definition) is 7. The molecule has 0 unspecified atom stereocenters. The highest BCUT2D eigenvalue weighted by Crippen LogP contribution is 2.29. The number of nitrogens with one attached hydrogen (secondary N) is 2. The van der Waals surface area contributed by atoms with Crippen LogP contribution in [0.15, 0.2) is 0 Å². The monoisotopic (exact) mass is 452 g/mol. The maximum atomic E-state index is 12.7. The third-order valence-electron chi connectivity index (χ3n) is 7.16. The molecule has 1 heterocycles. The number of rotatable bonds is 6. The Kier molecular flexibility index (Phi) is 12.7. The van der Waals surface area contributed by atoms with E-state index >= 15 is 0 Å². The highest BCUT2D eigenvalue weighted by molar-refractivity contribution is 5.80. The van der Waals surface area contributed by atoms with E-state index in [9.17, 15) is 9.59 Å². The maximum absolute atomic E-state index is 12.7. The van der Waals surface area contributed by atoms with Gasteiger partial charge in [-0.25, -0.2) is 0 Å². The number of ketones is 1. The lowest BCUT2D eigenvalue weighted by atomic mass is 9.80. The van der Waals surface area contributed by atoms with E-state index in [2.05, 4.69) is 44.3 Å². The van der Waals surface area contributed by atoms with Gasteiger partial charge in [0.2, 0.25) is 5.91 Å². The molecule has 2 fully saturated rings. The highest BCUT2D eigenvalue weighted by atomic mass is 16.2. The average Bonchev–Trinajstić information content (AvgIpc) is 2.78. The smallest absolute Gasteiger partial charge is 0.224 e. The molecule has 0 radical (unpaired) electrons. The average molecular weight is 453 g/mol. The predicted octanol–water partition coefficient (Wildman–Crippen LogP) is 0.894. The summed E-state index contributed by atoms with van der Waals surface area (Å²) in [6.45, 7) is 11.7. The second-order valence-corrected chi connectivity index (χ2v) is 9.92. The number of hydrogen-bond donors (Lipinski definition) is 2. The van der Waals surface area contributed by atoms with E-state index < -0.39 is 0 Å². The topological polar surface area (TPSA) is 71.2 Å². The number of amides is 1. The van der Waals surface area contributed by atoms with E-state index in [0.717, 1.165) is 91.1 Å². The molecule has 0 bridgehead atoms. The molecular formula is C24H48N6O2. The van der Waals surface area contributed by atoms with Crippen LogP contribution in [0.1, 0.15) is 45.4 Å². The summed E-state index contributed by atoms with van der Waals surface area (Å²) in [6.07, 6.45) is 5.68.